The molecule has 1 aliphatic rings. The zero-order valence-corrected chi connectivity index (χ0v) is 17.1. The molecule has 0 aromatic heterocycles. The van der Waals surface area contributed by atoms with Gasteiger partial charge in [0, 0.05) is 25.9 Å². The molecular weight excluding hydrogens is 371 g/mol. The maximum atomic E-state index is 13.1. The van der Waals surface area contributed by atoms with Crippen molar-refractivity contribution in [2.75, 3.05) is 26.7 Å². The van der Waals surface area contributed by atoms with Crippen LogP contribution < -0.4 is 5.32 Å². The normalized spacial score (nSPS) is 19.3. The lowest BCUT2D eigenvalue weighted by atomic mass is 9.90. The summed E-state index contributed by atoms with van der Waals surface area (Å²) in [4.78, 5) is 26.9. The van der Waals surface area contributed by atoms with Crippen molar-refractivity contribution in [1.82, 2.24) is 10.2 Å². The van der Waals surface area contributed by atoms with Crippen LogP contribution in [0.4, 0.5) is 4.39 Å². The van der Waals surface area contributed by atoms with Gasteiger partial charge in [-0.05, 0) is 28.8 Å². The second-order valence-electron chi connectivity index (χ2n) is 7.72. The van der Waals surface area contributed by atoms with Gasteiger partial charge in [0.05, 0.1) is 13.2 Å². The summed E-state index contributed by atoms with van der Waals surface area (Å²) in [5.74, 6) is -0.618. The molecule has 3 rings (SSSR count). The predicted octanol–water partition coefficient (Wildman–Crippen LogP) is 3.03. The van der Waals surface area contributed by atoms with Crippen LogP contribution in [-0.2, 0) is 20.7 Å². The van der Waals surface area contributed by atoms with Crippen molar-refractivity contribution in [2.24, 2.45) is 5.92 Å². The first-order chi connectivity index (χ1) is 13.8. The van der Waals surface area contributed by atoms with Crippen molar-refractivity contribution in [3.8, 4) is 11.1 Å². The number of nitrogens with zero attached hydrogens (tertiary/aromatic N) is 1. The number of amides is 2. The van der Waals surface area contributed by atoms with Crippen LogP contribution in [0.15, 0.2) is 48.5 Å². The molecule has 1 saturated heterocycles. The highest BCUT2D eigenvalue weighted by molar-refractivity contribution is 5.87. The zero-order valence-electron chi connectivity index (χ0n) is 17.1. The fourth-order valence-electron chi connectivity index (χ4n) is 3.68. The summed E-state index contributed by atoms with van der Waals surface area (Å²) in [6.45, 7) is 4.74. The van der Waals surface area contributed by atoms with Crippen molar-refractivity contribution in [3.05, 3.63) is 59.9 Å². The fraction of sp³-hybridized carbons (Fsp3) is 0.391. The molecule has 0 saturated carbocycles. The van der Waals surface area contributed by atoms with Crippen LogP contribution in [0.1, 0.15) is 19.4 Å². The summed E-state index contributed by atoms with van der Waals surface area (Å²) in [7, 11) is 1.58. The number of rotatable bonds is 5. The van der Waals surface area contributed by atoms with E-state index in [0.717, 1.165) is 16.7 Å². The molecule has 1 fully saturated rings. The van der Waals surface area contributed by atoms with Crippen LogP contribution in [-0.4, -0.2) is 49.1 Å². The average molecular weight is 398 g/mol. The number of carbonyl (C=O) groups is 2. The summed E-state index contributed by atoms with van der Waals surface area (Å²) >= 11 is 0. The standard InChI is InChI=1S/C23H27FN2O3/c1-16(2)21(27)26-12-13-29-23(15-26,22(28)25-3)14-17-4-6-18(7-5-17)19-8-10-20(24)11-9-19/h4-11,16H,12-15H2,1-3H3,(H,25,28)/t23-/m0/s1. The molecule has 1 aliphatic heterocycles. The van der Waals surface area contributed by atoms with Crippen molar-refractivity contribution in [2.45, 2.75) is 25.9 Å². The minimum Gasteiger partial charge on any atom is -0.361 e. The number of carbonyl (C=O) groups excluding carboxylic acids is 2. The van der Waals surface area contributed by atoms with E-state index in [1.54, 1.807) is 24.1 Å². The number of nitrogens with one attached hydrogen (secondary N) is 1. The Bertz CT molecular complexity index is 865. The summed E-state index contributed by atoms with van der Waals surface area (Å²) in [6, 6.07) is 14.1. The van der Waals surface area contributed by atoms with Gasteiger partial charge in [-0.15, -0.1) is 0 Å². The minimum atomic E-state index is -1.12. The third kappa shape index (κ3) is 4.65. The van der Waals surface area contributed by atoms with Gasteiger partial charge in [-0.3, -0.25) is 9.59 Å². The summed E-state index contributed by atoms with van der Waals surface area (Å²) in [6.07, 6.45) is 0.359. The lowest BCUT2D eigenvalue weighted by molar-refractivity contribution is -0.167. The van der Waals surface area contributed by atoms with Gasteiger partial charge in [0.1, 0.15) is 5.82 Å². The van der Waals surface area contributed by atoms with E-state index in [1.807, 2.05) is 38.1 Å². The van der Waals surface area contributed by atoms with Gasteiger partial charge in [0.2, 0.25) is 5.91 Å². The molecule has 1 heterocycles. The zero-order chi connectivity index (χ0) is 21.0. The Morgan fingerprint density at radius 1 is 1.10 bits per heavy atom. The van der Waals surface area contributed by atoms with Gasteiger partial charge in [-0.25, -0.2) is 4.39 Å². The summed E-state index contributed by atoms with van der Waals surface area (Å²) in [5, 5.41) is 2.69. The quantitative estimate of drug-likeness (QED) is 0.842. The highest BCUT2D eigenvalue weighted by Crippen LogP contribution is 2.27. The number of hydrogen-bond acceptors (Lipinski definition) is 3. The molecule has 29 heavy (non-hydrogen) atoms. The lowest BCUT2D eigenvalue weighted by Gasteiger charge is -2.42. The Hall–Kier alpha value is -2.73. The molecule has 0 unspecified atom stereocenters. The molecule has 2 aromatic carbocycles. The monoisotopic (exact) mass is 398 g/mol. The second kappa shape index (κ2) is 8.74. The van der Waals surface area contributed by atoms with E-state index < -0.39 is 5.60 Å². The van der Waals surface area contributed by atoms with Gasteiger partial charge in [-0.1, -0.05) is 50.2 Å². The molecule has 6 heteroatoms. The van der Waals surface area contributed by atoms with Crippen molar-refractivity contribution in [3.63, 3.8) is 0 Å². The summed E-state index contributed by atoms with van der Waals surface area (Å²) < 4.78 is 19.1. The van der Waals surface area contributed by atoms with E-state index >= 15 is 0 Å². The fourth-order valence-corrected chi connectivity index (χ4v) is 3.68. The van der Waals surface area contributed by atoms with Gasteiger partial charge in [0.15, 0.2) is 5.60 Å². The molecule has 0 bridgehead atoms. The molecule has 1 N–H and O–H groups in total. The maximum Gasteiger partial charge on any atom is 0.254 e. The average Bonchev–Trinajstić information content (AvgIpc) is 2.73. The van der Waals surface area contributed by atoms with Gasteiger partial charge in [-0.2, -0.15) is 0 Å². The van der Waals surface area contributed by atoms with E-state index in [0.29, 0.717) is 19.6 Å². The Morgan fingerprint density at radius 3 is 2.24 bits per heavy atom. The van der Waals surface area contributed by atoms with Gasteiger partial charge in [0.25, 0.3) is 5.91 Å². The third-order valence-electron chi connectivity index (χ3n) is 5.25. The highest BCUT2D eigenvalue weighted by Gasteiger charge is 2.44. The molecule has 2 aromatic rings. The number of ether oxygens (including phenoxy) is 1. The first-order valence-electron chi connectivity index (χ1n) is 9.84. The van der Waals surface area contributed by atoms with Crippen LogP contribution >= 0.6 is 0 Å². The molecule has 0 spiro atoms. The second-order valence-corrected chi connectivity index (χ2v) is 7.72. The smallest absolute Gasteiger partial charge is 0.254 e. The van der Waals surface area contributed by atoms with Crippen LogP contribution in [0.25, 0.3) is 11.1 Å². The Morgan fingerprint density at radius 2 is 1.69 bits per heavy atom. The maximum absolute atomic E-state index is 13.1. The van der Waals surface area contributed by atoms with Crippen LogP contribution in [0.5, 0.6) is 0 Å². The first-order valence-corrected chi connectivity index (χ1v) is 9.84. The molecule has 2 amide bonds. The summed E-state index contributed by atoms with van der Waals surface area (Å²) in [5.41, 5.74) is 1.69. The Kier molecular flexibility index (Phi) is 6.33. The number of hydrogen-bond donors (Lipinski definition) is 1. The van der Waals surface area contributed by atoms with E-state index in [-0.39, 0.29) is 30.1 Å². The third-order valence-corrected chi connectivity index (χ3v) is 5.25. The van der Waals surface area contributed by atoms with Crippen molar-refractivity contribution in [1.29, 1.82) is 0 Å². The lowest BCUT2D eigenvalue weighted by Crippen LogP contribution is -2.62. The molecule has 0 radical (unpaired) electrons. The van der Waals surface area contributed by atoms with Gasteiger partial charge >= 0.3 is 0 Å². The first kappa shape index (κ1) is 21.0. The van der Waals surface area contributed by atoms with E-state index in [9.17, 15) is 14.0 Å². The highest BCUT2D eigenvalue weighted by atomic mass is 19.1. The van der Waals surface area contributed by atoms with Crippen LogP contribution in [0, 0.1) is 11.7 Å². The molecular formula is C23H27FN2O3. The number of likely N-dealkylation sites (N-methyl/N-ethyl adjacent to an activating group) is 1. The van der Waals surface area contributed by atoms with Crippen molar-refractivity contribution < 1.29 is 18.7 Å². The van der Waals surface area contributed by atoms with Crippen molar-refractivity contribution >= 4 is 11.8 Å². The van der Waals surface area contributed by atoms with E-state index in [4.69, 9.17) is 4.74 Å². The number of morpholine rings is 1. The number of halogens is 1. The molecule has 154 valence electrons. The predicted molar refractivity (Wildman–Crippen MR) is 110 cm³/mol. The molecule has 0 aliphatic carbocycles. The topological polar surface area (TPSA) is 58.6 Å². The Balaban J connectivity index is 1.82. The van der Waals surface area contributed by atoms with E-state index in [1.165, 1.54) is 12.1 Å². The molecule has 5 nitrogen and oxygen atoms in total. The number of benzene rings is 2. The van der Waals surface area contributed by atoms with Crippen LogP contribution in [0.2, 0.25) is 0 Å². The van der Waals surface area contributed by atoms with E-state index in [2.05, 4.69) is 5.32 Å². The van der Waals surface area contributed by atoms with Crippen LogP contribution in [0.3, 0.4) is 0 Å². The molecule has 1 atom stereocenters. The Labute approximate surface area is 170 Å². The van der Waals surface area contributed by atoms with Gasteiger partial charge < -0.3 is 15.0 Å². The SMILES string of the molecule is CNC(=O)[C@]1(Cc2ccc(-c3ccc(F)cc3)cc2)CN(C(=O)C(C)C)CCO1. The minimum absolute atomic E-state index is 0.0215. The largest absolute Gasteiger partial charge is 0.361 e.